The minimum absolute atomic E-state index is 0.134. The van der Waals surface area contributed by atoms with E-state index in [2.05, 4.69) is 47.0 Å². The van der Waals surface area contributed by atoms with Crippen LogP contribution in [0.5, 0.6) is 17.2 Å². The second-order valence-electron chi connectivity index (χ2n) is 19.5. The predicted molar refractivity (Wildman–Crippen MR) is 259 cm³/mol. The van der Waals surface area contributed by atoms with E-state index in [0.717, 1.165) is 74.3 Å². The maximum absolute atomic E-state index is 13.4. The summed E-state index contributed by atoms with van der Waals surface area (Å²) < 4.78 is 25.6. The summed E-state index contributed by atoms with van der Waals surface area (Å²) >= 11 is 0. The third-order valence-corrected chi connectivity index (χ3v) is 15.0. The molecule has 5 aromatic rings. The monoisotopic (exact) mass is 964 g/mol. The molecule has 3 unspecified atom stereocenters. The molecule has 6 aliphatic heterocycles. The molecule has 71 heavy (non-hydrogen) atoms. The van der Waals surface area contributed by atoms with Crippen molar-refractivity contribution in [2.24, 2.45) is 11.3 Å². The van der Waals surface area contributed by atoms with Crippen LogP contribution in [0, 0.1) is 17.2 Å². The summed E-state index contributed by atoms with van der Waals surface area (Å²) in [5.74, 6) is 0.145. The Morgan fingerprint density at radius 1 is 0.831 bits per heavy atom. The zero-order chi connectivity index (χ0) is 49.0. The normalized spacial score (nSPS) is 21.8. The number of piperazine rings is 1. The number of aromatic nitrogens is 2. The van der Waals surface area contributed by atoms with E-state index >= 15 is 0 Å². The quantitative estimate of drug-likeness (QED) is 0.0825. The number of pyridine rings is 2. The van der Waals surface area contributed by atoms with Crippen molar-refractivity contribution in [3.8, 4) is 17.2 Å². The fourth-order valence-electron chi connectivity index (χ4n) is 10.9. The molecule has 2 bridgehead atoms. The summed E-state index contributed by atoms with van der Waals surface area (Å²) in [7, 11) is 1.67. The summed E-state index contributed by atoms with van der Waals surface area (Å²) in [5.41, 5.74) is 2.49. The van der Waals surface area contributed by atoms with Gasteiger partial charge in [0.1, 0.15) is 40.3 Å². The van der Waals surface area contributed by atoms with Gasteiger partial charge in [0.15, 0.2) is 0 Å². The van der Waals surface area contributed by atoms with Crippen LogP contribution < -0.4 is 35.6 Å². The van der Waals surface area contributed by atoms with Crippen molar-refractivity contribution >= 4 is 69.2 Å². The van der Waals surface area contributed by atoms with E-state index in [0.29, 0.717) is 70.7 Å². The van der Waals surface area contributed by atoms with Gasteiger partial charge in [0.2, 0.25) is 29.5 Å². The van der Waals surface area contributed by atoms with Crippen LogP contribution >= 0.6 is 0 Å². The molecule has 0 radical (unpaired) electrons. The SMILES string of the molecule is COc1cc2c(Oc3ccc(NC(=O)C4(C(=O)Nc5ccc(F)cc5)CC4)cc3)ccnc2cc1N1CCC(CN2C3CC2CN(CC(=O)Nc2nccc4c2CN(C2CCC(=O)NC2=O)C4=O)C3)CC1. The van der Waals surface area contributed by atoms with Crippen LogP contribution in [0.15, 0.2) is 85.2 Å². The van der Waals surface area contributed by atoms with E-state index in [4.69, 9.17) is 14.5 Å². The molecule has 366 valence electrons. The number of hydrogen-bond acceptors (Lipinski definition) is 13. The van der Waals surface area contributed by atoms with Gasteiger partial charge in [-0.1, -0.05) is 0 Å². The van der Waals surface area contributed by atoms with Crippen LogP contribution in [0.4, 0.5) is 27.3 Å². The molecule has 19 heteroatoms. The lowest BCUT2D eigenvalue weighted by molar-refractivity contribution is -0.137. The van der Waals surface area contributed by atoms with Crippen LogP contribution in [0.3, 0.4) is 0 Å². The highest BCUT2D eigenvalue weighted by molar-refractivity contribution is 6.17. The lowest BCUT2D eigenvalue weighted by Crippen LogP contribution is -2.69. The van der Waals surface area contributed by atoms with Crippen molar-refractivity contribution in [1.29, 1.82) is 0 Å². The lowest BCUT2D eigenvalue weighted by Gasteiger charge is -2.57. The maximum atomic E-state index is 13.4. The van der Waals surface area contributed by atoms with E-state index < -0.39 is 35.0 Å². The van der Waals surface area contributed by atoms with Gasteiger partial charge in [0.25, 0.3) is 5.91 Å². The number of halogens is 1. The van der Waals surface area contributed by atoms with Crippen LogP contribution in [0.25, 0.3) is 10.9 Å². The minimum Gasteiger partial charge on any atom is -0.495 e. The van der Waals surface area contributed by atoms with Gasteiger partial charge in [-0.3, -0.25) is 48.9 Å². The number of rotatable bonds is 14. The highest BCUT2D eigenvalue weighted by Gasteiger charge is 2.56. The average Bonchev–Trinajstić information content (AvgIpc) is 4.13. The number of hydrogen-bond donors (Lipinski definition) is 4. The van der Waals surface area contributed by atoms with Crippen molar-refractivity contribution in [1.82, 2.24) is 30.0 Å². The Hall–Kier alpha value is -7.51. The molecule has 1 saturated carbocycles. The molecule has 3 aromatic carbocycles. The number of nitrogens with zero attached hydrogens (tertiary/aromatic N) is 6. The second kappa shape index (κ2) is 18.7. The van der Waals surface area contributed by atoms with Gasteiger partial charge in [-0.2, -0.15) is 0 Å². The van der Waals surface area contributed by atoms with Gasteiger partial charge in [-0.25, -0.2) is 9.37 Å². The number of benzene rings is 3. The Bertz CT molecular complexity index is 2950. The maximum Gasteiger partial charge on any atom is 0.255 e. The number of imide groups is 1. The van der Waals surface area contributed by atoms with E-state index in [1.54, 1.807) is 49.7 Å². The third kappa shape index (κ3) is 9.10. The van der Waals surface area contributed by atoms with Gasteiger partial charge < -0.3 is 35.2 Å². The van der Waals surface area contributed by atoms with Crippen LogP contribution in [0.1, 0.15) is 60.9 Å². The average molecular weight is 965 g/mol. The molecule has 3 atom stereocenters. The first-order valence-electron chi connectivity index (χ1n) is 24.2. The zero-order valence-electron chi connectivity index (χ0n) is 39.1. The van der Waals surface area contributed by atoms with Gasteiger partial charge >= 0.3 is 0 Å². The van der Waals surface area contributed by atoms with E-state index in [-0.39, 0.29) is 43.7 Å². The smallest absolute Gasteiger partial charge is 0.255 e. The van der Waals surface area contributed by atoms with Crippen molar-refractivity contribution in [2.75, 3.05) is 67.2 Å². The third-order valence-electron chi connectivity index (χ3n) is 15.0. The fraction of sp³-hybridized carbons (Fsp3) is 0.385. The van der Waals surface area contributed by atoms with Crippen molar-refractivity contribution in [3.05, 3.63) is 102 Å². The highest BCUT2D eigenvalue weighted by Crippen LogP contribution is 2.48. The topological polar surface area (TPSA) is 208 Å². The molecule has 5 saturated heterocycles. The van der Waals surface area contributed by atoms with Crippen LogP contribution in [-0.4, -0.2) is 125 Å². The summed E-state index contributed by atoms with van der Waals surface area (Å²) in [6, 6.07) is 19.8. The summed E-state index contributed by atoms with van der Waals surface area (Å²) in [5, 5.41) is 11.6. The number of piperidine rings is 3. The van der Waals surface area contributed by atoms with E-state index in [1.165, 1.54) is 35.4 Å². The van der Waals surface area contributed by atoms with Gasteiger partial charge in [0, 0.05) is 91.5 Å². The first kappa shape index (κ1) is 45.9. The molecule has 0 spiro atoms. The van der Waals surface area contributed by atoms with Crippen molar-refractivity contribution in [2.45, 2.75) is 69.6 Å². The molecule has 6 amide bonds. The predicted octanol–water partition coefficient (Wildman–Crippen LogP) is 5.30. The van der Waals surface area contributed by atoms with Gasteiger partial charge in [-0.05, 0) is 117 Å². The number of ether oxygens (including phenoxy) is 2. The van der Waals surface area contributed by atoms with Gasteiger partial charge in [-0.15, -0.1) is 0 Å². The largest absolute Gasteiger partial charge is 0.495 e. The summed E-state index contributed by atoms with van der Waals surface area (Å²) in [4.78, 5) is 94.8. The zero-order valence-corrected chi connectivity index (χ0v) is 39.1. The van der Waals surface area contributed by atoms with Crippen molar-refractivity contribution in [3.63, 3.8) is 0 Å². The molecule has 7 aliphatic rings. The lowest BCUT2D eigenvalue weighted by atomic mass is 9.84. The first-order chi connectivity index (χ1) is 34.4. The van der Waals surface area contributed by atoms with Gasteiger partial charge in [0.05, 0.1) is 31.4 Å². The molecule has 6 fully saturated rings. The molecule has 18 nitrogen and oxygen atoms in total. The van der Waals surface area contributed by atoms with Crippen LogP contribution in [0.2, 0.25) is 0 Å². The molecule has 12 rings (SSSR count). The molecule has 4 N–H and O–H groups in total. The summed E-state index contributed by atoms with van der Waals surface area (Å²) in [6.07, 6.45) is 7.63. The number of nitrogens with one attached hydrogen (secondary N) is 4. The Morgan fingerprint density at radius 2 is 1.52 bits per heavy atom. The second-order valence-corrected chi connectivity index (χ2v) is 19.5. The van der Waals surface area contributed by atoms with E-state index in [9.17, 15) is 33.2 Å². The number of anilines is 4. The number of amides is 6. The fourth-order valence-corrected chi connectivity index (χ4v) is 10.9. The summed E-state index contributed by atoms with van der Waals surface area (Å²) in [6.45, 7) is 4.70. The highest BCUT2D eigenvalue weighted by atomic mass is 19.1. The Balaban J connectivity index is 0.654. The molecular weight excluding hydrogens is 912 g/mol. The molecule has 1 aliphatic carbocycles. The number of fused-ring (bicyclic) bond motifs is 4. The molecule has 2 aromatic heterocycles. The van der Waals surface area contributed by atoms with Crippen LogP contribution in [-0.2, 0) is 30.5 Å². The number of methoxy groups -OCH3 is 1. The van der Waals surface area contributed by atoms with E-state index in [1.807, 2.05) is 6.07 Å². The van der Waals surface area contributed by atoms with Crippen molar-refractivity contribution < 1.29 is 42.6 Å². The Morgan fingerprint density at radius 3 is 2.20 bits per heavy atom. The number of carbonyl (C=O) groups excluding carboxylic acids is 6. The number of carbonyl (C=O) groups is 6. The molecule has 8 heterocycles. The Labute approximate surface area is 408 Å². The standard InChI is InChI=1S/C52H53FN10O8/c1-70-44-23-38-40(54-19-13-43(38)71-36-8-6-33(7-9-36)57-51(69)52(16-17-52)50(68)56-32-4-2-31(53)3-5-32)24-42(44)61-20-14-30(15-21-61)25-62-34-22-35(62)27-60(26-34)29-46(65)58-47-39-28-63(49(67)37(39)12-18-55-47)41-10-11-45(64)59-48(41)66/h2-9,12-13,18-19,23-24,30,34-35,41H,10-11,14-17,20-22,25-29H2,1H3,(H,56,68)(H,57,69)(H,55,58,65)(H,59,64,66). The minimum atomic E-state index is -1.18. The molecular formula is C52H53FN10O8. The Kier molecular flexibility index (Phi) is 12.1. The first-order valence-corrected chi connectivity index (χ1v) is 24.2.